The Morgan fingerprint density at radius 2 is 1.59 bits per heavy atom. The summed E-state index contributed by atoms with van der Waals surface area (Å²) in [6.07, 6.45) is -3.10. The molecule has 46 heavy (non-hydrogen) atoms. The molecule has 0 spiro atoms. The molecular formula is C32H27Cl4F3N2O5. The molecule has 7 nitrogen and oxygen atoms in total. The largest absolute Gasteiger partial charge is 0.490 e. The van der Waals surface area contributed by atoms with Gasteiger partial charge in [0.15, 0.2) is 0 Å². The van der Waals surface area contributed by atoms with E-state index in [0.717, 1.165) is 11.6 Å². The molecule has 244 valence electrons. The molecule has 0 unspecified atom stereocenters. The van der Waals surface area contributed by atoms with E-state index in [2.05, 4.69) is 0 Å². The molecule has 0 radical (unpaired) electrons. The van der Waals surface area contributed by atoms with Gasteiger partial charge in [-0.25, -0.2) is 4.79 Å². The smallest absolute Gasteiger partial charge is 0.417 e. The fourth-order valence-electron chi connectivity index (χ4n) is 5.29. The average molecular weight is 718 g/mol. The van der Waals surface area contributed by atoms with Gasteiger partial charge in [-0.3, -0.25) is 9.69 Å². The van der Waals surface area contributed by atoms with E-state index >= 15 is 0 Å². The first kappa shape index (κ1) is 34.2. The fraction of sp³-hybridized carbons (Fsp3) is 0.312. The lowest BCUT2D eigenvalue weighted by Gasteiger charge is -2.35. The van der Waals surface area contributed by atoms with E-state index in [1.807, 2.05) is 4.90 Å². The summed E-state index contributed by atoms with van der Waals surface area (Å²) < 4.78 is 56.9. The Labute approximate surface area is 282 Å². The molecule has 2 N–H and O–H groups in total. The molecule has 1 heterocycles. The van der Waals surface area contributed by atoms with Gasteiger partial charge in [-0.15, -0.1) is 0 Å². The van der Waals surface area contributed by atoms with Gasteiger partial charge in [0.2, 0.25) is 5.91 Å². The van der Waals surface area contributed by atoms with Gasteiger partial charge >= 0.3 is 12.1 Å². The van der Waals surface area contributed by atoms with Crippen LogP contribution in [0.5, 0.6) is 11.5 Å². The minimum atomic E-state index is -4.66. The Kier molecular flexibility index (Phi) is 10.3. The normalized spacial score (nSPS) is 16.2. The van der Waals surface area contributed by atoms with Crippen molar-refractivity contribution in [1.29, 1.82) is 0 Å². The van der Waals surface area contributed by atoms with Crippen LogP contribution < -0.4 is 15.2 Å². The van der Waals surface area contributed by atoms with Crippen LogP contribution in [0.1, 0.15) is 36.0 Å². The molecule has 0 bridgehead atoms. The van der Waals surface area contributed by atoms with Gasteiger partial charge in [0.05, 0.1) is 31.2 Å². The Hall–Kier alpha value is -3.15. The summed E-state index contributed by atoms with van der Waals surface area (Å²) in [4.78, 5) is 27.6. The number of rotatable bonds is 11. The quantitative estimate of drug-likeness (QED) is 0.123. The topological polar surface area (TPSA) is 91.1 Å². The Morgan fingerprint density at radius 3 is 2.24 bits per heavy atom. The van der Waals surface area contributed by atoms with Gasteiger partial charge in [0.1, 0.15) is 36.9 Å². The van der Waals surface area contributed by atoms with E-state index in [9.17, 15) is 22.8 Å². The molecule has 1 amide bonds. The zero-order valence-corrected chi connectivity index (χ0v) is 27.1. The van der Waals surface area contributed by atoms with E-state index in [0.29, 0.717) is 57.9 Å². The Morgan fingerprint density at radius 1 is 0.913 bits per heavy atom. The second kappa shape index (κ2) is 13.9. The first-order valence-corrected chi connectivity index (χ1v) is 15.6. The first-order valence-electron chi connectivity index (χ1n) is 14.1. The molecule has 1 fully saturated rings. The van der Waals surface area contributed by atoms with Gasteiger partial charge in [0, 0.05) is 24.7 Å². The van der Waals surface area contributed by atoms with Gasteiger partial charge < -0.3 is 19.9 Å². The monoisotopic (exact) mass is 716 g/mol. The SMILES string of the molecule is NC(=O)C1(N2CCC(c3ccc(OCCOc4cc(Cl)c(Cl)cc4Cl)cc3)=C(C(=O)OCc3cccc(C(F)(F)F)c3Cl)C2)CC1. The van der Waals surface area contributed by atoms with Gasteiger partial charge in [-0.1, -0.05) is 70.7 Å². The third-order valence-corrected chi connectivity index (χ3v) is 9.37. The third-order valence-electron chi connectivity index (χ3n) is 7.91. The summed E-state index contributed by atoms with van der Waals surface area (Å²) in [7, 11) is 0. The van der Waals surface area contributed by atoms with Crippen molar-refractivity contribution in [2.75, 3.05) is 26.3 Å². The van der Waals surface area contributed by atoms with E-state index < -0.39 is 40.8 Å². The van der Waals surface area contributed by atoms with Crippen LogP contribution in [0.2, 0.25) is 20.1 Å². The second-order valence-electron chi connectivity index (χ2n) is 10.8. The molecule has 1 saturated carbocycles. The van der Waals surface area contributed by atoms with Crippen molar-refractivity contribution in [3.05, 3.63) is 97.0 Å². The molecule has 0 atom stereocenters. The summed E-state index contributed by atoms with van der Waals surface area (Å²) in [5.74, 6) is -0.287. The van der Waals surface area contributed by atoms with Crippen LogP contribution >= 0.6 is 46.4 Å². The lowest BCUT2D eigenvalue weighted by Crippen LogP contribution is -2.50. The number of amides is 1. The zero-order valence-electron chi connectivity index (χ0n) is 24.1. The number of ether oxygens (including phenoxy) is 3. The average Bonchev–Trinajstić information content (AvgIpc) is 3.83. The molecule has 3 aromatic carbocycles. The number of primary amides is 1. The molecule has 5 rings (SSSR count). The van der Waals surface area contributed by atoms with Crippen molar-refractivity contribution in [2.45, 2.75) is 37.6 Å². The molecule has 0 aromatic heterocycles. The maximum absolute atomic E-state index is 13.5. The van der Waals surface area contributed by atoms with Crippen LogP contribution in [0, 0.1) is 0 Å². The lowest BCUT2D eigenvalue weighted by atomic mass is 9.92. The molecule has 1 aliphatic carbocycles. The number of hydrogen-bond donors (Lipinski definition) is 1. The van der Waals surface area contributed by atoms with Crippen LogP contribution in [0.25, 0.3) is 5.57 Å². The highest BCUT2D eigenvalue weighted by Crippen LogP contribution is 2.45. The summed E-state index contributed by atoms with van der Waals surface area (Å²) in [5.41, 5.74) is 5.54. The predicted octanol–water partition coefficient (Wildman–Crippen LogP) is 8.00. The van der Waals surface area contributed by atoms with E-state index in [-0.39, 0.29) is 30.9 Å². The van der Waals surface area contributed by atoms with Crippen LogP contribution in [0.3, 0.4) is 0 Å². The molecule has 2 aliphatic rings. The maximum atomic E-state index is 13.5. The van der Waals surface area contributed by atoms with Crippen LogP contribution in [-0.2, 0) is 27.1 Å². The summed E-state index contributed by atoms with van der Waals surface area (Å²) in [5, 5.41) is 0.401. The van der Waals surface area contributed by atoms with Crippen LogP contribution in [0.4, 0.5) is 13.2 Å². The highest BCUT2D eigenvalue weighted by Gasteiger charge is 2.54. The fourth-order valence-corrected chi connectivity index (χ4v) is 6.17. The number of alkyl halides is 3. The number of halogens is 7. The summed E-state index contributed by atoms with van der Waals surface area (Å²) in [6, 6.07) is 13.5. The molecule has 14 heteroatoms. The number of hydrogen-bond acceptors (Lipinski definition) is 6. The van der Waals surface area contributed by atoms with Crippen molar-refractivity contribution in [1.82, 2.24) is 4.90 Å². The van der Waals surface area contributed by atoms with Crippen molar-refractivity contribution in [3.8, 4) is 11.5 Å². The molecule has 1 aliphatic heterocycles. The standard InChI is InChI=1S/C32H27Cl4F3N2O5/c33-24-14-26(35)27(15-25(24)34)45-13-12-44-20-6-4-18(5-7-20)21-8-11-41(31(9-10-31)30(40)43)16-22(21)29(42)46-17-19-2-1-3-23(28(19)36)32(37,38)39/h1-7,14-15H,8-13,16-17H2,(H2,40,43). The zero-order chi connectivity index (χ0) is 33.2. The van der Waals surface area contributed by atoms with Gasteiger partial charge in [0.25, 0.3) is 0 Å². The number of nitrogens with zero attached hydrogens (tertiary/aromatic N) is 1. The molecular weight excluding hydrogens is 691 g/mol. The Bertz CT molecular complexity index is 1680. The number of carbonyl (C=O) groups is 2. The minimum Gasteiger partial charge on any atom is -0.490 e. The number of esters is 1. The predicted molar refractivity (Wildman–Crippen MR) is 169 cm³/mol. The molecule has 0 saturated heterocycles. The van der Waals surface area contributed by atoms with Crippen molar-refractivity contribution >= 4 is 63.9 Å². The number of nitrogens with two attached hydrogens (primary N) is 1. The van der Waals surface area contributed by atoms with Crippen molar-refractivity contribution in [3.63, 3.8) is 0 Å². The second-order valence-corrected chi connectivity index (χ2v) is 12.4. The van der Waals surface area contributed by atoms with Crippen molar-refractivity contribution < 1.29 is 37.0 Å². The van der Waals surface area contributed by atoms with Crippen molar-refractivity contribution in [2.24, 2.45) is 5.73 Å². The van der Waals surface area contributed by atoms with E-state index in [4.69, 9.17) is 66.3 Å². The lowest BCUT2D eigenvalue weighted by molar-refractivity contribution is -0.141. The Balaban J connectivity index is 1.30. The maximum Gasteiger partial charge on any atom is 0.417 e. The van der Waals surface area contributed by atoms with E-state index in [1.165, 1.54) is 24.3 Å². The molecule has 3 aromatic rings. The van der Waals surface area contributed by atoms with Crippen LogP contribution in [-0.4, -0.2) is 48.6 Å². The minimum absolute atomic E-state index is 0.0161. The van der Waals surface area contributed by atoms with Gasteiger partial charge in [-0.2, -0.15) is 13.2 Å². The van der Waals surface area contributed by atoms with Crippen LogP contribution in [0.15, 0.2) is 60.2 Å². The number of benzene rings is 3. The third kappa shape index (κ3) is 7.52. The summed E-state index contributed by atoms with van der Waals surface area (Å²) in [6.45, 7) is 0.454. The van der Waals surface area contributed by atoms with Gasteiger partial charge in [-0.05, 0) is 54.7 Å². The highest BCUT2D eigenvalue weighted by atomic mass is 35.5. The number of carbonyl (C=O) groups excluding carboxylic acids is 2. The van der Waals surface area contributed by atoms with E-state index in [1.54, 1.807) is 24.3 Å². The summed E-state index contributed by atoms with van der Waals surface area (Å²) >= 11 is 24.1. The highest BCUT2D eigenvalue weighted by molar-refractivity contribution is 6.43. The first-order chi connectivity index (χ1) is 21.8.